The number of hydrogen-bond acceptors (Lipinski definition) is 5. The van der Waals surface area contributed by atoms with Gasteiger partial charge in [-0.25, -0.2) is 9.97 Å². The van der Waals surface area contributed by atoms with E-state index in [1.54, 1.807) is 0 Å². The first kappa shape index (κ1) is 11.3. The number of rotatable bonds is 4. The van der Waals surface area contributed by atoms with Crippen molar-refractivity contribution >= 4 is 11.6 Å². The lowest BCUT2D eigenvalue weighted by Gasteiger charge is -2.15. The molecule has 14 heavy (non-hydrogen) atoms. The van der Waals surface area contributed by atoms with Gasteiger partial charge in [0.15, 0.2) is 5.82 Å². The van der Waals surface area contributed by atoms with E-state index in [0.29, 0.717) is 18.0 Å². The molecular weight excluding hydrogens is 206 g/mol. The average Bonchev–Trinajstić information content (AvgIpc) is 2.18. The molecule has 0 aromatic carbocycles. The van der Waals surface area contributed by atoms with Crippen LogP contribution in [0, 0.1) is 0 Å². The van der Waals surface area contributed by atoms with E-state index in [4.69, 9.17) is 17.3 Å². The van der Waals surface area contributed by atoms with Crippen LogP contribution in [0.4, 0.5) is 0 Å². The maximum Gasteiger partial charge on any atom is 0.159 e. The first-order chi connectivity index (χ1) is 6.65. The molecule has 2 unspecified atom stereocenters. The maximum atomic E-state index is 9.54. The minimum absolute atomic E-state index is 0.148. The smallest absolute Gasteiger partial charge is 0.159 e. The largest absolute Gasteiger partial charge is 0.390 e. The summed E-state index contributed by atoms with van der Waals surface area (Å²) in [4.78, 5) is 7.58. The Balaban J connectivity index is 2.68. The number of aromatic nitrogens is 2. The van der Waals surface area contributed by atoms with E-state index in [9.17, 15) is 10.2 Å². The van der Waals surface area contributed by atoms with E-state index < -0.39 is 12.2 Å². The van der Waals surface area contributed by atoms with Gasteiger partial charge in [0.1, 0.15) is 6.10 Å². The Morgan fingerprint density at radius 1 is 1.36 bits per heavy atom. The first-order valence-electron chi connectivity index (χ1n) is 4.18. The lowest BCUT2D eigenvalue weighted by molar-refractivity contribution is 0.00973. The highest BCUT2D eigenvalue weighted by Gasteiger charge is 2.19. The van der Waals surface area contributed by atoms with Crippen LogP contribution in [-0.2, 0) is 0 Å². The van der Waals surface area contributed by atoms with Gasteiger partial charge in [0, 0.05) is 12.4 Å². The standard InChI is InChI=1S/C8H12ClN3O2/c9-5-3-11-8(12-4-5)7(14)6(13)1-2-10/h3-4,6-7,13-14H,1-2,10H2. The topological polar surface area (TPSA) is 92.3 Å². The lowest BCUT2D eigenvalue weighted by Crippen LogP contribution is -2.23. The van der Waals surface area contributed by atoms with E-state index in [-0.39, 0.29) is 5.82 Å². The zero-order valence-corrected chi connectivity index (χ0v) is 8.22. The summed E-state index contributed by atoms with van der Waals surface area (Å²) in [6.07, 6.45) is 0.967. The molecule has 0 spiro atoms. The number of aliphatic hydroxyl groups is 2. The summed E-state index contributed by atoms with van der Waals surface area (Å²) in [6, 6.07) is 0. The second-order valence-electron chi connectivity index (χ2n) is 2.85. The second-order valence-corrected chi connectivity index (χ2v) is 3.29. The SMILES string of the molecule is NCCC(O)C(O)c1ncc(Cl)cn1. The number of halogens is 1. The second kappa shape index (κ2) is 5.21. The van der Waals surface area contributed by atoms with Crippen LogP contribution < -0.4 is 5.73 Å². The molecule has 78 valence electrons. The molecule has 1 heterocycles. The molecule has 0 fully saturated rings. The monoisotopic (exact) mass is 217 g/mol. The Labute approximate surface area is 86.6 Å². The highest BCUT2D eigenvalue weighted by Crippen LogP contribution is 2.15. The van der Waals surface area contributed by atoms with Gasteiger partial charge in [0.25, 0.3) is 0 Å². The van der Waals surface area contributed by atoms with Crippen molar-refractivity contribution < 1.29 is 10.2 Å². The molecule has 0 radical (unpaired) electrons. The molecule has 1 rings (SSSR count). The van der Waals surface area contributed by atoms with Crippen molar-refractivity contribution in [3.05, 3.63) is 23.2 Å². The van der Waals surface area contributed by atoms with Crippen LogP contribution in [0.2, 0.25) is 5.02 Å². The molecule has 1 aromatic rings. The van der Waals surface area contributed by atoms with E-state index in [1.165, 1.54) is 12.4 Å². The van der Waals surface area contributed by atoms with Crippen molar-refractivity contribution in [2.45, 2.75) is 18.6 Å². The predicted molar refractivity (Wildman–Crippen MR) is 51.7 cm³/mol. The van der Waals surface area contributed by atoms with Gasteiger partial charge in [-0.2, -0.15) is 0 Å². The van der Waals surface area contributed by atoms with Crippen molar-refractivity contribution in [2.24, 2.45) is 5.73 Å². The fourth-order valence-electron chi connectivity index (χ4n) is 0.976. The normalized spacial score (nSPS) is 15.1. The van der Waals surface area contributed by atoms with Crippen molar-refractivity contribution in [2.75, 3.05) is 6.54 Å². The molecule has 0 aliphatic rings. The van der Waals surface area contributed by atoms with Crippen molar-refractivity contribution in [3.63, 3.8) is 0 Å². The Morgan fingerprint density at radius 3 is 2.43 bits per heavy atom. The molecule has 0 saturated carbocycles. The number of nitrogens with two attached hydrogens (primary N) is 1. The van der Waals surface area contributed by atoms with Gasteiger partial charge in [-0.3, -0.25) is 0 Å². The average molecular weight is 218 g/mol. The van der Waals surface area contributed by atoms with Gasteiger partial charge in [0.05, 0.1) is 11.1 Å². The molecule has 0 bridgehead atoms. The quantitative estimate of drug-likeness (QED) is 0.654. The minimum Gasteiger partial charge on any atom is -0.390 e. The van der Waals surface area contributed by atoms with Crippen LogP contribution in [0.3, 0.4) is 0 Å². The third-order valence-corrected chi connectivity index (χ3v) is 1.93. The molecular formula is C8H12ClN3O2. The predicted octanol–water partition coefficient (Wildman–Crippen LogP) is -0.127. The van der Waals surface area contributed by atoms with Gasteiger partial charge >= 0.3 is 0 Å². The van der Waals surface area contributed by atoms with Crippen LogP contribution in [0.5, 0.6) is 0 Å². The van der Waals surface area contributed by atoms with Crippen LogP contribution >= 0.6 is 11.6 Å². The number of aliphatic hydroxyl groups excluding tert-OH is 2. The van der Waals surface area contributed by atoms with Crippen LogP contribution in [-0.4, -0.2) is 32.8 Å². The number of hydrogen-bond donors (Lipinski definition) is 3. The van der Waals surface area contributed by atoms with Gasteiger partial charge in [-0.1, -0.05) is 11.6 Å². The van der Waals surface area contributed by atoms with Gasteiger partial charge < -0.3 is 15.9 Å². The van der Waals surface area contributed by atoms with Crippen molar-refractivity contribution in [1.29, 1.82) is 0 Å². The Kier molecular flexibility index (Phi) is 4.21. The van der Waals surface area contributed by atoms with Crippen LogP contribution in [0.15, 0.2) is 12.4 Å². The third kappa shape index (κ3) is 2.88. The molecule has 5 nitrogen and oxygen atoms in total. The first-order valence-corrected chi connectivity index (χ1v) is 4.56. The molecule has 0 aliphatic heterocycles. The summed E-state index contributed by atoms with van der Waals surface area (Å²) < 4.78 is 0. The maximum absolute atomic E-state index is 9.54. The van der Waals surface area contributed by atoms with Crippen LogP contribution in [0.1, 0.15) is 18.3 Å². The van der Waals surface area contributed by atoms with Gasteiger partial charge in [-0.15, -0.1) is 0 Å². The van der Waals surface area contributed by atoms with Crippen molar-refractivity contribution in [3.8, 4) is 0 Å². The molecule has 6 heteroatoms. The summed E-state index contributed by atoms with van der Waals surface area (Å²) in [5.74, 6) is 0.148. The van der Waals surface area contributed by atoms with E-state index in [2.05, 4.69) is 9.97 Å². The Bertz CT molecular complexity index is 280. The fourth-order valence-corrected chi connectivity index (χ4v) is 1.07. The van der Waals surface area contributed by atoms with Crippen LogP contribution in [0.25, 0.3) is 0 Å². The fraction of sp³-hybridized carbons (Fsp3) is 0.500. The summed E-state index contributed by atoms with van der Waals surface area (Å²) >= 11 is 5.57. The Morgan fingerprint density at radius 2 is 1.93 bits per heavy atom. The zero-order chi connectivity index (χ0) is 10.6. The van der Waals surface area contributed by atoms with Crippen molar-refractivity contribution in [1.82, 2.24) is 9.97 Å². The van der Waals surface area contributed by atoms with E-state index in [0.717, 1.165) is 0 Å². The zero-order valence-electron chi connectivity index (χ0n) is 7.47. The van der Waals surface area contributed by atoms with E-state index in [1.807, 2.05) is 0 Å². The summed E-state index contributed by atoms with van der Waals surface area (Å²) in [6.45, 7) is 0.297. The molecule has 0 amide bonds. The molecule has 2 atom stereocenters. The summed E-state index contributed by atoms with van der Waals surface area (Å²) in [5.41, 5.74) is 5.24. The molecule has 0 aliphatic carbocycles. The highest BCUT2D eigenvalue weighted by atomic mass is 35.5. The molecule has 0 saturated heterocycles. The highest BCUT2D eigenvalue weighted by molar-refractivity contribution is 6.30. The molecule has 1 aromatic heterocycles. The van der Waals surface area contributed by atoms with E-state index >= 15 is 0 Å². The summed E-state index contributed by atoms with van der Waals surface area (Å²) in [7, 11) is 0. The van der Waals surface area contributed by atoms with Gasteiger partial charge in [-0.05, 0) is 13.0 Å². The third-order valence-electron chi connectivity index (χ3n) is 1.73. The van der Waals surface area contributed by atoms with Gasteiger partial charge in [0.2, 0.25) is 0 Å². The summed E-state index contributed by atoms with van der Waals surface area (Å²) in [5, 5.41) is 19.3. The minimum atomic E-state index is -1.11. The molecule has 4 N–H and O–H groups in total. The Hall–Kier alpha value is -0.750. The lowest BCUT2D eigenvalue weighted by atomic mass is 10.1. The number of nitrogens with zero attached hydrogens (tertiary/aromatic N) is 2.